The van der Waals surface area contributed by atoms with E-state index in [1.165, 1.54) is 25.8 Å². The third-order valence-electron chi connectivity index (χ3n) is 5.23. The molecule has 3 rings (SSSR count). The number of carbonyl (C=O) groups excluding carboxylic acids is 1. The van der Waals surface area contributed by atoms with E-state index in [2.05, 4.69) is 22.0 Å². The fraction of sp³-hybridized carbons (Fsp3) is 0.933. The van der Waals surface area contributed by atoms with Gasteiger partial charge in [-0.2, -0.15) is 0 Å². The highest BCUT2D eigenvalue weighted by Gasteiger charge is 2.36. The van der Waals surface area contributed by atoms with Crippen LogP contribution < -0.4 is 5.32 Å². The van der Waals surface area contributed by atoms with E-state index >= 15 is 0 Å². The zero-order valence-electron chi connectivity index (χ0n) is 12.1. The number of nitrogens with zero attached hydrogens (tertiary/aromatic N) is 2. The lowest BCUT2D eigenvalue weighted by molar-refractivity contribution is -0.140. The molecule has 0 saturated carbocycles. The molecule has 3 unspecified atom stereocenters. The Kier molecular flexibility index (Phi) is 4.08. The maximum absolute atomic E-state index is 12.7. The molecule has 108 valence electrons. The minimum Gasteiger partial charge on any atom is -0.340 e. The van der Waals surface area contributed by atoms with E-state index in [0.717, 1.165) is 39.0 Å². The van der Waals surface area contributed by atoms with Gasteiger partial charge >= 0.3 is 0 Å². The molecule has 0 radical (unpaired) electrons. The van der Waals surface area contributed by atoms with Gasteiger partial charge in [0.2, 0.25) is 5.91 Å². The summed E-state index contributed by atoms with van der Waals surface area (Å²) < 4.78 is 0. The fourth-order valence-electron chi connectivity index (χ4n) is 3.97. The van der Waals surface area contributed by atoms with Gasteiger partial charge in [0, 0.05) is 31.7 Å². The van der Waals surface area contributed by atoms with Crippen LogP contribution in [0.1, 0.15) is 39.0 Å². The largest absolute Gasteiger partial charge is 0.340 e. The summed E-state index contributed by atoms with van der Waals surface area (Å²) in [6, 6.07) is 0.990. The number of hydrogen-bond donors (Lipinski definition) is 1. The van der Waals surface area contributed by atoms with E-state index in [1.807, 2.05) is 0 Å². The standard InChI is InChI=1S/C15H27N3O/c1-12-14(6-4-7-16-12)15(19)18-10-9-17-8-3-2-5-13(17)11-18/h12-14,16H,2-11H2,1H3. The van der Waals surface area contributed by atoms with Crippen molar-refractivity contribution < 1.29 is 4.79 Å². The summed E-state index contributed by atoms with van der Waals surface area (Å²) in [5.74, 6) is 0.619. The van der Waals surface area contributed by atoms with E-state index in [1.54, 1.807) is 0 Å². The molecule has 0 aliphatic carbocycles. The van der Waals surface area contributed by atoms with Crippen LogP contribution in [0.3, 0.4) is 0 Å². The van der Waals surface area contributed by atoms with Crippen LogP contribution in [0, 0.1) is 5.92 Å². The Morgan fingerprint density at radius 1 is 1.11 bits per heavy atom. The zero-order chi connectivity index (χ0) is 13.2. The number of fused-ring (bicyclic) bond motifs is 1. The third kappa shape index (κ3) is 2.79. The number of rotatable bonds is 1. The molecule has 19 heavy (non-hydrogen) atoms. The molecule has 1 amide bonds. The third-order valence-corrected chi connectivity index (χ3v) is 5.23. The summed E-state index contributed by atoms with van der Waals surface area (Å²) in [5, 5.41) is 3.45. The van der Waals surface area contributed by atoms with Crippen molar-refractivity contribution in [3.8, 4) is 0 Å². The highest BCUT2D eigenvalue weighted by Crippen LogP contribution is 2.24. The van der Waals surface area contributed by atoms with E-state index < -0.39 is 0 Å². The molecule has 3 heterocycles. The average Bonchev–Trinajstić information content (AvgIpc) is 2.46. The Morgan fingerprint density at radius 3 is 2.84 bits per heavy atom. The number of piperidine rings is 2. The van der Waals surface area contributed by atoms with Gasteiger partial charge in [-0.05, 0) is 45.7 Å². The van der Waals surface area contributed by atoms with Crippen LogP contribution in [0.5, 0.6) is 0 Å². The molecule has 3 aliphatic rings. The SMILES string of the molecule is CC1NCCCC1C(=O)N1CCN2CCCCC2C1. The zero-order valence-corrected chi connectivity index (χ0v) is 12.1. The molecule has 1 N–H and O–H groups in total. The molecule has 4 nitrogen and oxygen atoms in total. The van der Waals surface area contributed by atoms with Crippen molar-refractivity contribution in [2.75, 3.05) is 32.7 Å². The number of amides is 1. The smallest absolute Gasteiger partial charge is 0.227 e. The Balaban J connectivity index is 1.60. The highest BCUT2D eigenvalue weighted by atomic mass is 16.2. The maximum atomic E-state index is 12.7. The summed E-state index contributed by atoms with van der Waals surface area (Å²) >= 11 is 0. The van der Waals surface area contributed by atoms with Crippen molar-refractivity contribution in [3.05, 3.63) is 0 Å². The number of carbonyl (C=O) groups is 1. The first-order valence-corrected chi connectivity index (χ1v) is 8.02. The van der Waals surface area contributed by atoms with Crippen LogP contribution >= 0.6 is 0 Å². The van der Waals surface area contributed by atoms with E-state index in [9.17, 15) is 4.79 Å². The maximum Gasteiger partial charge on any atom is 0.227 e. The van der Waals surface area contributed by atoms with Gasteiger partial charge in [0.25, 0.3) is 0 Å². The van der Waals surface area contributed by atoms with Crippen LogP contribution in [0.25, 0.3) is 0 Å². The second-order valence-corrected chi connectivity index (χ2v) is 6.46. The van der Waals surface area contributed by atoms with Gasteiger partial charge in [0.15, 0.2) is 0 Å². The molecular weight excluding hydrogens is 238 g/mol. The minimum absolute atomic E-state index is 0.212. The van der Waals surface area contributed by atoms with Crippen molar-refractivity contribution in [2.45, 2.75) is 51.1 Å². The van der Waals surface area contributed by atoms with Crippen molar-refractivity contribution in [2.24, 2.45) is 5.92 Å². The Labute approximate surface area is 116 Å². The molecule has 3 fully saturated rings. The summed E-state index contributed by atoms with van der Waals surface area (Å²) in [6.07, 6.45) is 6.17. The molecule has 3 aliphatic heterocycles. The average molecular weight is 265 g/mol. The van der Waals surface area contributed by atoms with Gasteiger partial charge in [0.05, 0.1) is 5.92 Å². The lowest BCUT2D eigenvalue weighted by atomic mass is 9.89. The van der Waals surface area contributed by atoms with Gasteiger partial charge in [-0.3, -0.25) is 9.69 Å². The molecule has 4 heteroatoms. The van der Waals surface area contributed by atoms with Gasteiger partial charge in [-0.1, -0.05) is 6.42 Å². The second-order valence-electron chi connectivity index (χ2n) is 6.46. The van der Waals surface area contributed by atoms with Gasteiger partial charge < -0.3 is 10.2 Å². The topological polar surface area (TPSA) is 35.6 Å². The molecule has 0 bridgehead atoms. The van der Waals surface area contributed by atoms with Crippen LogP contribution in [-0.2, 0) is 4.79 Å². The van der Waals surface area contributed by atoms with Gasteiger partial charge in [0.1, 0.15) is 0 Å². The number of hydrogen-bond acceptors (Lipinski definition) is 3. The number of piperazine rings is 1. The molecule has 0 aromatic rings. The van der Waals surface area contributed by atoms with E-state index in [4.69, 9.17) is 0 Å². The fourth-order valence-corrected chi connectivity index (χ4v) is 3.97. The van der Waals surface area contributed by atoms with Crippen LogP contribution in [-0.4, -0.2) is 60.5 Å². The first-order valence-electron chi connectivity index (χ1n) is 8.02. The molecular formula is C15H27N3O. The molecule has 0 aromatic heterocycles. The molecule has 3 saturated heterocycles. The highest BCUT2D eigenvalue weighted by molar-refractivity contribution is 5.79. The predicted molar refractivity (Wildman–Crippen MR) is 76.0 cm³/mol. The lowest BCUT2D eigenvalue weighted by Gasteiger charge is -2.45. The lowest BCUT2D eigenvalue weighted by Crippen LogP contribution is -2.58. The summed E-state index contributed by atoms with van der Waals surface area (Å²) in [5.41, 5.74) is 0. The minimum atomic E-state index is 0.212. The normalized spacial score (nSPS) is 36.9. The van der Waals surface area contributed by atoms with E-state index in [0.29, 0.717) is 18.0 Å². The van der Waals surface area contributed by atoms with Crippen LogP contribution in [0.2, 0.25) is 0 Å². The predicted octanol–water partition coefficient (Wildman–Crippen LogP) is 1.07. The monoisotopic (exact) mass is 265 g/mol. The van der Waals surface area contributed by atoms with Crippen molar-refractivity contribution in [1.82, 2.24) is 15.1 Å². The van der Waals surface area contributed by atoms with Crippen LogP contribution in [0.15, 0.2) is 0 Å². The van der Waals surface area contributed by atoms with Crippen molar-refractivity contribution in [1.29, 1.82) is 0 Å². The quantitative estimate of drug-likeness (QED) is 0.770. The first kappa shape index (κ1) is 13.4. The van der Waals surface area contributed by atoms with E-state index in [-0.39, 0.29) is 5.92 Å². The molecule has 0 spiro atoms. The van der Waals surface area contributed by atoms with Crippen molar-refractivity contribution in [3.63, 3.8) is 0 Å². The Hall–Kier alpha value is -0.610. The van der Waals surface area contributed by atoms with Gasteiger partial charge in [-0.25, -0.2) is 0 Å². The Morgan fingerprint density at radius 2 is 2.00 bits per heavy atom. The van der Waals surface area contributed by atoms with Crippen molar-refractivity contribution >= 4 is 5.91 Å². The first-order chi connectivity index (χ1) is 9.25. The molecule has 3 atom stereocenters. The summed E-state index contributed by atoms with van der Waals surface area (Å²) in [6.45, 7) is 7.49. The van der Waals surface area contributed by atoms with Crippen LogP contribution in [0.4, 0.5) is 0 Å². The second kappa shape index (κ2) is 5.80. The summed E-state index contributed by atoms with van der Waals surface area (Å²) in [4.78, 5) is 17.5. The Bertz CT molecular complexity index is 333. The summed E-state index contributed by atoms with van der Waals surface area (Å²) in [7, 11) is 0. The molecule has 0 aromatic carbocycles. The van der Waals surface area contributed by atoms with Gasteiger partial charge in [-0.15, -0.1) is 0 Å². The number of nitrogens with one attached hydrogen (secondary N) is 1.